The summed E-state index contributed by atoms with van der Waals surface area (Å²) in [5.74, 6) is 0.742. The number of ether oxygens (including phenoxy) is 1. The van der Waals surface area contributed by atoms with Gasteiger partial charge in [-0.2, -0.15) is 0 Å². The first-order chi connectivity index (χ1) is 8.11. The highest BCUT2D eigenvalue weighted by Gasteiger charge is 2.16. The van der Waals surface area contributed by atoms with E-state index in [1.54, 1.807) is 25.1 Å². The van der Waals surface area contributed by atoms with Gasteiger partial charge in [-0.15, -0.1) is 0 Å². The monoisotopic (exact) mass is 231 g/mol. The Hall–Kier alpha value is -2.23. The number of rotatable bonds is 2. The van der Waals surface area contributed by atoms with Gasteiger partial charge in [-0.25, -0.2) is 4.79 Å². The third kappa shape index (κ3) is 2.15. The van der Waals surface area contributed by atoms with Gasteiger partial charge >= 0.3 is 5.97 Å². The fourth-order valence-corrected chi connectivity index (χ4v) is 1.63. The molecule has 0 fully saturated rings. The van der Waals surface area contributed by atoms with Crippen LogP contribution in [-0.4, -0.2) is 13.1 Å². The number of aryl methyl sites for hydroxylation is 1. The Labute approximate surface area is 99.0 Å². The number of nitrogen functional groups attached to an aromatic ring is 1. The van der Waals surface area contributed by atoms with Gasteiger partial charge in [-0.3, -0.25) is 0 Å². The van der Waals surface area contributed by atoms with Crippen LogP contribution in [0.15, 0.2) is 34.7 Å². The number of anilines is 1. The summed E-state index contributed by atoms with van der Waals surface area (Å²) in [4.78, 5) is 11.4. The first kappa shape index (κ1) is 11.3. The number of carbonyl (C=O) groups excluding carboxylic acids is 1. The summed E-state index contributed by atoms with van der Waals surface area (Å²) < 4.78 is 10.2. The van der Waals surface area contributed by atoms with Crippen LogP contribution >= 0.6 is 0 Å². The van der Waals surface area contributed by atoms with Crippen molar-refractivity contribution >= 4 is 11.7 Å². The van der Waals surface area contributed by atoms with Crippen LogP contribution < -0.4 is 5.73 Å². The van der Waals surface area contributed by atoms with Crippen LogP contribution in [0.25, 0.3) is 11.3 Å². The van der Waals surface area contributed by atoms with Gasteiger partial charge < -0.3 is 14.9 Å². The lowest BCUT2D eigenvalue weighted by atomic mass is 10.1. The van der Waals surface area contributed by atoms with Crippen LogP contribution in [0.3, 0.4) is 0 Å². The van der Waals surface area contributed by atoms with E-state index in [-0.39, 0.29) is 0 Å². The molecule has 1 aromatic carbocycles. The molecule has 0 radical (unpaired) electrons. The first-order valence-electron chi connectivity index (χ1n) is 5.16. The van der Waals surface area contributed by atoms with E-state index in [9.17, 15) is 4.79 Å². The van der Waals surface area contributed by atoms with Crippen LogP contribution in [0.2, 0.25) is 0 Å². The molecule has 0 saturated carbocycles. The zero-order valence-electron chi connectivity index (χ0n) is 9.69. The second kappa shape index (κ2) is 4.33. The van der Waals surface area contributed by atoms with Crippen molar-refractivity contribution in [2.45, 2.75) is 6.92 Å². The predicted octanol–water partition coefficient (Wildman–Crippen LogP) is 2.62. The summed E-state index contributed by atoms with van der Waals surface area (Å²) in [5.41, 5.74) is 7.61. The molecule has 0 aliphatic carbocycles. The van der Waals surface area contributed by atoms with Gasteiger partial charge in [0, 0.05) is 11.3 Å². The fraction of sp³-hybridized carbons (Fsp3) is 0.154. The lowest BCUT2D eigenvalue weighted by molar-refractivity contribution is 0.0599. The summed E-state index contributed by atoms with van der Waals surface area (Å²) in [6, 6.07) is 8.95. The molecular formula is C13H13NO3. The molecule has 17 heavy (non-hydrogen) atoms. The van der Waals surface area contributed by atoms with E-state index < -0.39 is 5.97 Å². The van der Waals surface area contributed by atoms with Gasteiger partial charge in [0.25, 0.3) is 0 Å². The summed E-state index contributed by atoms with van der Waals surface area (Å²) in [6.45, 7) is 1.72. The number of hydrogen-bond donors (Lipinski definition) is 1. The smallest absolute Gasteiger partial charge is 0.341 e. The standard InChI is InChI=1S/C13H13NO3/c1-8-11(13(15)16-2)7-12(17-8)9-4-3-5-10(14)6-9/h3-7H,14H2,1-2H3. The number of methoxy groups -OCH3 is 1. The SMILES string of the molecule is COC(=O)c1cc(-c2cccc(N)c2)oc1C. The molecule has 0 bridgehead atoms. The third-order valence-corrected chi connectivity index (χ3v) is 2.49. The molecule has 2 aromatic rings. The lowest BCUT2D eigenvalue weighted by Gasteiger charge is -1.97. The van der Waals surface area contributed by atoms with Crippen LogP contribution in [0.4, 0.5) is 5.69 Å². The van der Waals surface area contributed by atoms with Gasteiger partial charge in [0.05, 0.1) is 7.11 Å². The Balaban J connectivity index is 2.44. The van der Waals surface area contributed by atoms with Crippen molar-refractivity contribution in [2.75, 3.05) is 12.8 Å². The number of benzene rings is 1. The van der Waals surface area contributed by atoms with Crippen LogP contribution in [0.5, 0.6) is 0 Å². The highest BCUT2D eigenvalue weighted by atomic mass is 16.5. The van der Waals surface area contributed by atoms with E-state index in [4.69, 9.17) is 10.2 Å². The lowest BCUT2D eigenvalue weighted by Crippen LogP contribution is -2.00. The van der Waals surface area contributed by atoms with E-state index >= 15 is 0 Å². The zero-order valence-corrected chi connectivity index (χ0v) is 9.69. The minimum atomic E-state index is -0.401. The summed E-state index contributed by atoms with van der Waals surface area (Å²) in [7, 11) is 1.34. The maximum Gasteiger partial charge on any atom is 0.341 e. The Morgan fingerprint density at radius 2 is 2.12 bits per heavy atom. The van der Waals surface area contributed by atoms with Gasteiger partial charge in [0.1, 0.15) is 17.1 Å². The fourth-order valence-electron chi connectivity index (χ4n) is 1.63. The number of furan rings is 1. The average molecular weight is 231 g/mol. The highest BCUT2D eigenvalue weighted by molar-refractivity contribution is 5.91. The largest absolute Gasteiger partial charge is 0.465 e. The van der Waals surface area contributed by atoms with Crippen molar-refractivity contribution < 1.29 is 13.9 Å². The van der Waals surface area contributed by atoms with E-state index in [1.165, 1.54) is 7.11 Å². The molecule has 0 atom stereocenters. The van der Waals surface area contributed by atoms with E-state index in [2.05, 4.69) is 4.74 Å². The first-order valence-corrected chi connectivity index (χ1v) is 5.16. The maximum absolute atomic E-state index is 11.4. The Morgan fingerprint density at radius 3 is 2.76 bits per heavy atom. The van der Waals surface area contributed by atoms with Crippen molar-refractivity contribution in [3.63, 3.8) is 0 Å². The Kier molecular flexibility index (Phi) is 2.87. The second-order valence-electron chi connectivity index (χ2n) is 3.70. The predicted molar refractivity (Wildman–Crippen MR) is 64.6 cm³/mol. The van der Waals surface area contributed by atoms with Crippen LogP contribution in [0.1, 0.15) is 16.1 Å². The van der Waals surface area contributed by atoms with E-state index in [1.807, 2.05) is 12.1 Å². The molecule has 88 valence electrons. The number of hydrogen-bond acceptors (Lipinski definition) is 4. The maximum atomic E-state index is 11.4. The number of esters is 1. The Bertz CT molecular complexity index is 558. The zero-order chi connectivity index (χ0) is 12.4. The van der Waals surface area contributed by atoms with Crippen LogP contribution in [-0.2, 0) is 4.74 Å². The molecule has 0 aliphatic heterocycles. The molecule has 0 amide bonds. The van der Waals surface area contributed by atoms with E-state index in [0.29, 0.717) is 22.8 Å². The Morgan fingerprint density at radius 1 is 1.35 bits per heavy atom. The second-order valence-corrected chi connectivity index (χ2v) is 3.70. The number of nitrogens with two attached hydrogens (primary N) is 1. The minimum absolute atomic E-state index is 0.401. The number of carbonyl (C=O) groups is 1. The molecular weight excluding hydrogens is 218 g/mol. The van der Waals surface area contributed by atoms with Crippen molar-refractivity contribution in [3.05, 3.63) is 41.7 Å². The topological polar surface area (TPSA) is 65.5 Å². The molecule has 4 nitrogen and oxygen atoms in total. The summed E-state index contributed by atoms with van der Waals surface area (Å²) in [5, 5.41) is 0. The molecule has 4 heteroatoms. The van der Waals surface area contributed by atoms with Crippen molar-refractivity contribution in [1.29, 1.82) is 0 Å². The molecule has 0 aliphatic rings. The molecule has 0 unspecified atom stereocenters. The van der Waals surface area contributed by atoms with Gasteiger partial charge in [-0.05, 0) is 25.1 Å². The van der Waals surface area contributed by atoms with Gasteiger partial charge in [0.15, 0.2) is 0 Å². The quantitative estimate of drug-likeness (QED) is 0.637. The molecule has 2 N–H and O–H groups in total. The molecule has 2 rings (SSSR count). The van der Waals surface area contributed by atoms with E-state index in [0.717, 1.165) is 5.56 Å². The molecule has 0 saturated heterocycles. The molecule has 0 spiro atoms. The van der Waals surface area contributed by atoms with Crippen molar-refractivity contribution in [3.8, 4) is 11.3 Å². The normalized spacial score (nSPS) is 10.2. The minimum Gasteiger partial charge on any atom is -0.465 e. The highest BCUT2D eigenvalue weighted by Crippen LogP contribution is 2.26. The van der Waals surface area contributed by atoms with Gasteiger partial charge in [-0.1, -0.05) is 12.1 Å². The van der Waals surface area contributed by atoms with Crippen molar-refractivity contribution in [2.24, 2.45) is 0 Å². The van der Waals surface area contributed by atoms with Crippen LogP contribution in [0, 0.1) is 6.92 Å². The molecule has 1 aromatic heterocycles. The summed E-state index contributed by atoms with van der Waals surface area (Å²) >= 11 is 0. The summed E-state index contributed by atoms with van der Waals surface area (Å²) in [6.07, 6.45) is 0. The molecule has 1 heterocycles. The third-order valence-electron chi connectivity index (χ3n) is 2.49. The van der Waals surface area contributed by atoms with Crippen molar-refractivity contribution in [1.82, 2.24) is 0 Å². The average Bonchev–Trinajstić information content (AvgIpc) is 2.70. The van der Waals surface area contributed by atoms with Gasteiger partial charge in [0.2, 0.25) is 0 Å².